The van der Waals surface area contributed by atoms with Crippen LogP contribution < -0.4 is 0 Å². The van der Waals surface area contributed by atoms with Crippen molar-refractivity contribution in [3.63, 3.8) is 0 Å². The molecule has 0 saturated carbocycles. The summed E-state index contributed by atoms with van der Waals surface area (Å²) in [6.07, 6.45) is 2.51. The Kier molecular flexibility index (Phi) is 6.02. The molecule has 3 nitrogen and oxygen atoms in total. The van der Waals surface area contributed by atoms with Crippen LogP contribution in [0.4, 0.5) is 0 Å². The molecule has 65 valence electrons. The SMILES string of the molecule is O=C(O)/C=C/c1ccc(O)cc1.[Ac]. The molecule has 0 atom stereocenters. The maximum Gasteiger partial charge on any atom is 0.328 e. The number of phenols is 1. The van der Waals surface area contributed by atoms with E-state index in [0.29, 0.717) is 0 Å². The van der Waals surface area contributed by atoms with Crippen LogP contribution in [-0.2, 0) is 4.79 Å². The molecule has 2 N–H and O–H groups in total. The normalized spacial score (nSPS) is 9.54. The van der Waals surface area contributed by atoms with Gasteiger partial charge in [-0.3, -0.25) is 0 Å². The summed E-state index contributed by atoms with van der Waals surface area (Å²) >= 11 is 0. The van der Waals surface area contributed by atoms with Crippen LogP contribution in [-0.4, -0.2) is 16.2 Å². The number of aliphatic carboxylic acids is 1. The largest absolute Gasteiger partial charge is 0.508 e. The zero-order chi connectivity index (χ0) is 8.97. The molecule has 0 aliphatic rings. The van der Waals surface area contributed by atoms with Gasteiger partial charge in [0, 0.05) is 50.1 Å². The van der Waals surface area contributed by atoms with E-state index in [2.05, 4.69) is 0 Å². The van der Waals surface area contributed by atoms with Gasteiger partial charge in [-0.1, -0.05) is 12.1 Å². The minimum absolute atomic E-state index is 0. The quantitative estimate of drug-likeness (QED) is 0.752. The fourth-order valence-corrected chi connectivity index (χ4v) is 0.753. The number of rotatable bonds is 2. The zero-order valence-electron chi connectivity index (χ0n) is 6.84. The van der Waals surface area contributed by atoms with Gasteiger partial charge in [0.2, 0.25) is 0 Å². The Balaban J connectivity index is 0.00000144. The van der Waals surface area contributed by atoms with E-state index in [-0.39, 0.29) is 49.8 Å². The van der Waals surface area contributed by atoms with E-state index in [0.717, 1.165) is 11.6 Å². The number of carbonyl (C=O) groups is 1. The fraction of sp³-hybridized carbons (Fsp3) is 0. The Bertz CT molecular complexity index is 303. The van der Waals surface area contributed by atoms with Crippen LogP contribution in [0.25, 0.3) is 6.08 Å². The molecule has 0 bridgehead atoms. The molecule has 0 heterocycles. The number of aromatic hydroxyl groups is 1. The maximum atomic E-state index is 10.1. The second-order valence-electron chi connectivity index (χ2n) is 2.26. The predicted octanol–water partition coefficient (Wildman–Crippen LogP) is 1.49. The van der Waals surface area contributed by atoms with Crippen molar-refractivity contribution in [1.29, 1.82) is 0 Å². The number of carboxylic acid groups (broad SMARTS) is 1. The smallest absolute Gasteiger partial charge is 0.328 e. The van der Waals surface area contributed by atoms with Crippen LogP contribution in [0.2, 0.25) is 0 Å². The van der Waals surface area contributed by atoms with Crippen LogP contribution in [0.15, 0.2) is 30.3 Å². The molecule has 4 heteroatoms. The Morgan fingerprint density at radius 1 is 1.23 bits per heavy atom. The van der Waals surface area contributed by atoms with Crippen molar-refractivity contribution < 1.29 is 59.1 Å². The maximum absolute atomic E-state index is 10.1. The van der Waals surface area contributed by atoms with Gasteiger partial charge in [-0.05, 0) is 23.8 Å². The number of hydrogen-bond donors (Lipinski definition) is 2. The van der Waals surface area contributed by atoms with Gasteiger partial charge in [0.05, 0.1) is 0 Å². The van der Waals surface area contributed by atoms with Crippen molar-refractivity contribution >= 4 is 12.0 Å². The number of phenolic OH excluding ortho intramolecular Hbond substituents is 1. The van der Waals surface area contributed by atoms with Crippen LogP contribution in [0.5, 0.6) is 5.75 Å². The van der Waals surface area contributed by atoms with Crippen LogP contribution in [0.1, 0.15) is 5.56 Å². The zero-order valence-corrected chi connectivity index (χ0v) is 11.6. The van der Waals surface area contributed by atoms with Crippen LogP contribution >= 0.6 is 0 Å². The van der Waals surface area contributed by atoms with E-state index in [9.17, 15) is 4.79 Å². The predicted molar refractivity (Wildman–Crippen MR) is 44.8 cm³/mol. The topological polar surface area (TPSA) is 57.5 Å². The van der Waals surface area contributed by atoms with E-state index in [4.69, 9.17) is 10.2 Å². The summed E-state index contributed by atoms with van der Waals surface area (Å²) in [5, 5.41) is 17.2. The van der Waals surface area contributed by atoms with Crippen molar-refractivity contribution in [2.75, 3.05) is 0 Å². The van der Waals surface area contributed by atoms with Crippen molar-refractivity contribution in [2.45, 2.75) is 0 Å². The van der Waals surface area contributed by atoms with Gasteiger partial charge in [0.25, 0.3) is 0 Å². The van der Waals surface area contributed by atoms with Crippen LogP contribution in [0, 0.1) is 44.1 Å². The number of hydrogen-bond acceptors (Lipinski definition) is 2. The van der Waals surface area contributed by atoms with Crippen LogP contribution in [0.3, 0.4) is 0 Å². The average molecular weight is 391 g/mol. The second kappa shape index (κ2) is 6.17. The molecule has 0 aliphatic carbocycles. The Morgan fingerprint density at radius 2 is 1.77 bits per heavy atom. The summed E-state index contributed by atoms with van der Waals surface area (Å²) < 4.78 is 0. The molecular formula is C9H8AcO3. The minimum atomic E-state index is -0.983. The first kappa shape index (κ1) is 12.7. The molecule has 0 fully saturated rings. The summed E-state index contributed by atoms with van der Waals surface area (Å²) in [5.41, 5.74) is 0.746. The molecule has 1 aromatic carbocycles. The van der Waals surface area contributed by atoms with E-state index < -0.39 is 5.97 Å². The van der Waals surface area contributed by atoms with Crippen molar-refractivity contribution in [2.24, 2.45) is 0 Å². The van der Waals surface area contributed by atoms with Gasteiger partial charge >= 0.3 is 5.97 Å². The molecule has 0 amide bonds. The van der Waals surface area contributed by atoms with E-state index in [1.54, 1.807) is 12.1 Å². The van der Waals surface area contributed by atoms with E-state index >= 15 is 0 Å². The molecule has 1 aromatic rings. The third-order valence-electron chi connectivity index (χ3n) is 1.31. The van der Waals surface area contributed by atoms with Gasteiger partial charge in [0.15, 0.2) is 0 Å². The molecule has 0 spiro atoms. The van der Waals surface area contributed by atoms with Crippen molar-refractivity contribution in [3.05, 3.63) is 35.9 Å². The minimum Gasteiger partial charge on any atom is -0.508 e. The Hall–Kier alpha value is -0.328. The first-order chi connectivity index (χ1) is 5.68. The van der Waals surface area contributed by atoms with Gasteiger partial charge in [-0.15, -0.1) is 0 Å². The second-order valence-corrected chi connectivity index (χ2v) is 2.26. The van der Waals surface area contributed by atoms with E-state index in [1.807, 2.05) is 0 Å². The molecule has 1 rings (SSSR count). The molecular weight excluding hydrogens is 383 g/mol. The van der Waals surface area contributed by atoms with Gasteiger partial charge in [-0.2, -0.15) is 0 Å². The standard InChI is InChI=1S/C9H8O3.Ac/c10-8-4-1-7(2-5-8)3-6-9(11)12;/h1-6,10H,(H,11,12);/b6-3+;. The molecule has 0 saturated heterocycles. The summed E-state index contributed by atoms with van der Waals surface area (Å²) in [6.45, 7) is 0. The fourth-order valence-electron chi connectivity index (χ4n) is 0.753. The van der Waals surface area contributed by atoms with Gasteiger partial charge in [-0.25, -0.2) is 4.79 Å². The Morgan fingerprint density at radius 3 is 2.23 bits per heavy atom. The van der Waals surface area contributed by atoms with Gasteiger partial charge in [0.1, 0.15) is 5.75 Å². The summed E-state index contributed by atoms with van der Waals surface area (Å²) in [4.78, 5) is 10.1. The summed E-state index contributed by atoms with van der Waals surface area (Å²) in [6, 6.07) is 6.27. The molecule has 0 aliphatic heterocycles. The molecule has 0 unspecified atom stereocenters. The number of carboxylic acids is 1. The first-order valence-electron chi connectivity index (χ1n) is 3.38. The Labute approximate surface area is 112 Å². The monoisotopic (exact) mass is 391 g/mol. The third kappa shape index (κ3) is 5.07. The van der Waals surface area contributed by atoms with Crippen molar-refractivity contribution in [1.82, 2.24) is 0 Å². The molecule has 0 aromatic heterocycles. The first-order valence-corrected chi connectivity index (χ1v) is 3.38. The van der Waals surface area contributed by atoms with Gasteiger partial charge < -0.3 is 10.2 Å². The van der Waals surface area contributed by atoms with E-state index in [1.165, 1.54) is 18.2 Å². The third-order valence-corrected chi connectivity index (χ3v) is 1.31. The summed E-state index contributed by atoms with van der Waals surface area (Å²) in [7, 11) is 0. The average Bonchev–Trinajstić information content (AvgIpc) is 2.03. The molecule has 13 heavy (non-hydrogen) atoms. The number of benzene rings is 1. The van der Waals surface area contributed by atoms with Crippen molar-refractivity contribution in [3.8, 4) is 5.75 Å². The molecule has 1 radical (unpaired) electrons. The summed E-state index contributed by atoms with van der Waals surface area (Å²) in [5.74, 6) is -0.814.